The molecule has 0 aliphatic carbocycles. The average Bonchev–Trinajstić information content (AvgIpc) is 2.91. The van der Waals surface area contributed by atoms with Crippen LogP contribution in [0.5, 0.6) is 0 Å². The van der Waals surface area contributed by atoms with E-state index in [0.717, 1.165) is 11.1 Å². The summed E-state index contributed by atoms with van der Waals surface area (Å²) in [7, 11) is 0. The Bertz CT molecular complexity index is 1270. The van der Waals surface area contributed by atoms with Gasteiger partial charge in [0.1, 0.15) is 12.4 Å². The van der Waals surface area contributed by atoms with E-state index in [0.29, 0.717) is 31.6 Å². The van der Waals surface area contributed by atoms with Gasteiger partial charge in [-0.15, -0.1) is 0 Å². The van der Waals surface area contributed by atoms with Gasteiger partial charge in [0.2, 0.25) is 11.6 Å². The van der Waals surface area contributed by atoms with E-state index in [1.165, 1.54) is 6.33 Å². The van der Waals surface area contributed by atoms with Crippen LogP contribution in [0.3, 0.4) is 0 Å². The largest absolute Gasteiger partial charge is 0.508 e. The summed E-state index contributed by atoms with van der Waals surface area (Å²) in [5, 5.41) is 24.7. The highest BCUT2D eigenvalue weighted by Gasteiger charge is 2.31. The molecule has 0 spiro atoms. The zero-order valence-electron chi connectivity index (χ0n) is 20.2. The van der Waals surface area contributed by atoms with Gasteiger partial charge in [-0.2, -0.15) is 5.26 Å². The highest BCUT2D eigenvalue weighted by atomic mass is 16.7. The van der Waals surface area contributed by atoms with Crippen molar-refractivity contribution in [3.05, 3.63) is 82.2 Å². The second kappa shape index (κ2) is 11.8. The van der Waals surface area contributed by atoms with Crippen molar-refractivity contribution >= 4 is 29.2 Å². The molecule has 1 atom stereocenters. The maximum absolute atomic E-state index is 12.0. The number of benzene rings is 2. The Hall–Kier alpha value is -4.72. The van der Waals surface area contributed by atoms with Crippen molar-refractivity contribution in [2.24, 2.45) is 0 Å². The van der Waals surface area contributed by atoms with Gasteiger partial charge in [0.05, 0.1) is 23.5 Å². The maximum atomic E-state index is 12.0. The predicted molar refractivity (Wildman–Crippen MR) is 136 cm³/mol. The van der Waals surface area contributed by atoms with Crippen LogP contribution in [0.15, 0.2) is 60.9 Å². The lowest BCUT2D eigenvalue weighted by atomic mass is 9.92. The van der Waals surface area contributed by atoms with Crippen LogP contribution in [-0.4, -0.2) is 46.8 Å². The Morgan fingerprint density at radius 3 is 2.46 bits per heavy atom. The zero-order valence-corrected chi connectivity index (χ0v) is 20.2. The molecule has 1 fully saturated rings. The third kappa shape index (κ3) is 6.10. The fourth-order valence-electron chi connectivity index (χ4n) is 4.22. The number of piperidine rings is 1. The van der Waals surface area contributed by atoms with Crippen LogP contribution in [0.4, 0.5) is 27.8 Å². The number of ether oxygens (including phenoxy) is 2. The van der Waals surface area contributed by atoms with Gasteiger partial charge in [-0.25, -0.2) is 14.8 Å². The molecule has 1 aliphatic rings. The Balaban J connectivity index is 1.49. The second-order valence-corrected chi connectivity index (χ2v) is 8.36. The summed E-state index contributed by atoms with van der Waals surface area (Å²) in [5.74, 6) is -0.166. The smallest absolute Gasteiger partial charge is 0.435 e. The van der Waals surface area contributed by atoms with Crippen molar-refractivity contribution in [1.29, 1.82) is 5.26 Å². The van der Waals surface area contributed by atoms with Gasteiger partial charge < -0.3 is 19.7 Å². The fraction of sp³-hybridized carbons (Fsp3) is 0.308. The van der Waals surface area contributed by atoms with Crippen molar-refractivity contribution in [1.82, 2.24) is 9.97 Å². The molecule has 190 valence electrons. The van der Waals surface area contributed by atoms with Crippen molar-refractivity contribution in [2.45, 2.75) is 31.8 Å². The van der Waals surface area contributed by atoms with Crippen LogP contribution in [0.1, 0.15) is 36.8 Å². The molecule has 11 nitrogen and oxygen atoms in total. The zero-order chi connectivity index (χ0) is 26.2. The Kier molecular flexibility index (Phi) is 8.10. The van der Waals surface area contributed by atoms with E-state index in [1.807, 2.05) is 42.5 Å². The summed E-state index contributed by atoms with van der Waals surface area (Å²) in [5.41, 5.74) is 2.04. The van der Waals surface area contributed by atoms with E-state index >= 15 is 0 Å². The topological polar surface area (TPSA) is 144 Å². The monoisotopic (exact) mass is 502 g/mol. The molecule has 4 rings (SSSR count). The van der Waals surface area contributed by atoms with E-state index < -0.39 is 17.0 Å². The lowest BCUT2D eigenvalue weighted by Crippen LogP contribution is -2.38. The van der Waals surface area contributed by atoms with Crippen LogP contribution < -0.4 is 10.2 Å². The van der Waals surface area contributed by atoms with Crippen molar-refractivity contribution < 1.29 is 19.2 Å². The number of hydrogen-bond donors (Lipinski definition) is 1. The number of hydrogen-bond acceptors (Lipinski definition) is 10. The summed E-state index contributed by atoms with van der Waals surface area (Å²) in [4.78, 5) is 33.2. The fourth-order valence-corrected chi connectivity index (χ4v) is 4.22. The summed E-state index contributed by atoms with van der Waals surface area (Å²) in [6, 6.07) is 18.9. The molecular weight excluding hydrogens is 476 g/mol. The molecule has 0 saturated carbocycles. The van der Waals surface area contributed by atoms with Gasteiger partial charge in [-0.05, 0) is 30.2 Å². The summed E-state index contributed by atoms with van der Waals surface area (Å²) in [6.45, 7) is 2.78. The Morgan fingerprint density at radius 1 is 1.16 bits per heavy atom. The van der Waals surface area contributed by atoms with E-state index in [9.17, 15) is 20.2 Å². The van der Waals surface area contributed by atoms with E-state index in [4.69, 9.17) is 9.47 Å². The molecule has 2 heterocycles. The number of nitrogens with one attached hydrogen (secondary N) is 1. The van der Waals surface area contributed by atoms with E-state index in [1.54, 1.807) is 24.0 Å². The van der Waals surface area contributed by atoms with Crippen molar-refractivity contribution in [2.75, 3.05) is 29.9 Å². The molecule has 37 heavy (non-hydrogen) atoms. The lowest BCUT2D eigenvalue weighted by molar-refractivity contribution is -0.383. The van der Waals surface area contributed by atoms with Crippen LogP contribution in [0.25, 0.3) is 0 Å². The first kappa shape index (κ1) is 25.4. The Morgan fingerprint density at radius 2 is 1.84 bits per heavy atom. The van der Waals surface area contributed by atoms with Crippen LogP contribution in [0, 0.1) is 21.4 Å². The minimum atomic E-state index is -0.712. The maximum Gasteiger partial charge on any atom is 0.508 e. The number of aromatic nitrogens is 2. The lowest BCUT2D eigenvalue weighted by Gasteiger charge is -2.31. The molecule has 3 aromatic rings. The molecule has 1 unspecified atom stereocenters. The SMILES string of the molecule is CCOC(=O)OC1CCN(c2ncnc(Nc3ccc(C(C#N)c4ccccc4)cc3)c2[N+](=O)[O-])CC1. The molecular formula is C26H26N6O5. The quantitative estimate of drug-likeness (QED) is 0.256. The molecule has 1 saturated heterocycles. The number of rotatable bonds is 8. The molecule has 11 heteroatoms. The van der Waals surface area contributed by atoms with Gasteiger partial charge in [0, 0.05) is 31.6 Å². The normalized spacial score (nSPS) is 14.3. The Labute approximate surface area is 213 Å². The summed E-state index contributed by atoms with van der Waals surface area (Å²) < 4.78 is 10.1. The molecule has 1 aromatic heterocycles. The number of anilines is 3. The molecule has 1 aliphatic heterocycles. The van der Waals surface area contributed by atoms with E-state index in [2.05, 4.69) is 21.4 Å². The molecule has 0 radical (unpaired) electrons. The minimum absolute atomic E-state index is 0.0625. The minimum Gasteiger partial charge on any atom is -0.435 e. The van der Waals surface area contributed by atoms with Crippen molar-refractivity contribution in [3.63, 3.8) is 0 Å². The van der Waals surface area contributed by atoms with Gasteiger partial charge in [0.25, 0.3) is 0 Å². The number of carbonyl (C=O) groups excluding carboxylic acids is 1. The number of nitro groups is 1. The molecule has 2 aromatic carbocycles. The standard InChI is InChI=1S/C26H26N6O5/c1-2-36-26(33)37-21-12-14-31(15-13-21)25-23(32(34)35)24(28-17-29-25)30-20-10-8-19(9-11-20)22(16-27)18-6-4-3-5-7-18/h3-11,17,21-22H,2,12-15H2,1H3,(H,28,29,30). The van der Waals surface area contributed by atoms with Gasteiger partial charge in [-0.1, -0.05) is 42.5 Å². The first-order chi connectivity index (χ1) is 18.0. The van der Waals surface area contributed by atoms with Crippen LogP contribution >= 0.6 is 0 Å². The predicted octanol–water partition coefficient (Wildman–Crippen LogP) is 4.93. The van der Waals surface area contributed by atoms with Gasteiger partial charge >= 0.3 is 11.8 Å². The number of carbonyl (C=O) groups is 1. The van der Waals surface area contributed by atoms with Gasteiger partial charge in [-0.3, -0.25) is 10.1 Å². The third-order valence-electron chi connectivity index (χ3n) is 6.02. The van der Waals surface area contributed by atoms with Crippen molar-refractivity contribution in [3.8, 4) is 6.07 Å². The van der Waals surface area contributed by atoms with Crippen LogP contribution in [-0.2, 0) is 9.47 Å². The van der Waals surface area contributed by atoms with Crippen LogP contribution in [0.2, 0.25) is 0 Å². The number of nitriles is 1. The van der Waals surface area contributed by atoms with E-state index in [-0.39, 0.29) is 30.0 Å². The third-order valence-corrected chi connectivity index (χ3v) is 6.02. The first-order valence-electron chi connectivity index (χ1n) is 11.9. The molecule has 0 bridgehead atoms. The summed E-state index contributed by atoms with van der Waals surface area (Å²) in [6.07, 6.45) is 1.23. The highest BCUT2D eigenvalue weighted by Crippen LogP contribution is 2.35. The van der Waals surface area contributed by atoms with Gasteiger partial charge in [0.15, 0.2) is 0 Å². The first-order valence-corrected chi connectivity index (χ1v) is 11.9. The number of nitrogens with zero attached hydrogens (tertiary/aromatic N) is 5. The second-order valence-electron chi connectivity index (χ2n) is 8.36. The highest BCUT2D eigenvalue weighted by molar-refractivity contribution is 5.74. The molecule has 0 amide bonds. The molecule has 1 N–H and O–H groups in total. The summed E-state index contributed by atoms with van der Waals surface area (Å²) >= 11 is 0. The average molecular weight is 503 g/mol.